The molecule has 114 valence electrons. The van der Waals surface area contributed by atoms with Crippen LogP contribution in [0.25, 0.3) is 0 Å². The Kier molecular flexibility index (Phi) is 8.05. The van der Waals surface area contributed by atoms with Crippen LogP contribution in [-0.4, -0.2) is 46.4 Å². The first kappa shape index (κ1) is 18.8. The third-order valence-electron chi connectivity index (χ3n) is 1.95. The topological polar surface area (TPSA) is 97.4 Å². The summed E-state index contributed by atoms with van der Waals surface area (Å²) in [7, 11) is -2.93. The number of hydrogen-bond acceptors (Lipinski definition) is 8. The van der Waals surface area contributed by atoms with E-state index in [1.807, 2.05) is 0 Å². The van der Waals surface area contributed by atoms with Gasteiger partial charge >= 0.3 is 21.2 Å². The van der Waals surface area contributed by atoms with Crippen molar-refractivity contribution in [1.29, 1.82) is 0 Å². The average Bonchev–Trinajstić information content (AvgIpc) is 2.27. The van der Waals surface area contributed by atoms with E-state index in [2.05, 4.69) is 9.05 Å². The van der Waals surface area contributed by atoms with Crippen molar-refractivity contribution in [2.24, 2.45) is 0 Å². The third-order valence-corrected chi connectivity index (χ3v) is 4.55. The molecule has 0 spiro atoms. The Morgan fingerprint density at radius 1 is 1.37 bits per heavy atom. The lowest BCUT2D eigenvalue weighted by Crippen LogP contribution is -2.24. The van der Waals surface area contributed by atoms with E-state index in [-0.39, 0.29) is 0 Å². The van der Waals surface area contributed by atoms with Crippen LogP contribution in [0, 0.1) is 0 Å². The second kappa shape index (κ2) is 8.15. The van der Waals surface area contributed by atoms with E-state index in [0.717, 1.165) is 0 Å². The molecule has 1 heterocycles. The summed E-state index contributed by atoms with van der Waals surface area (Å²) in [5.41, 5.74) is 0. The Balaban J connectivity index is 0.000000399. The largest absolute Gasteiger partial charge is 0.435 e. The molecule has 0 radical (unpaired) electrons. The first-order chi connectivity index (χ1) is 8.62. The molecule has 0 N–H and O–H groups in total. The number of carbonyl (C=O) groups is 1. The van der Waals surface area contributed by atoms with Crippen LogP contribution in [0.3, 0.4) is 0 Å². The summed E-state index contributed by atoms with van der Waals surface area (Å²) in [6, 6.07) is 0. The van der Waals surface area contributed by atoms with E-state index < -0.39 is 27.5 Å². The van der Waals surface area contributed by atoms with Gasteiger partial charge in [0.05, 0.1) is 6.61 Å². The predicted molar refractivity (Wildman–Crippen MR) is 68.3 cm³/mol. The fourth-order valence-corrected chi connectivity index (χ4v) is 2.17. The van der Waals surface area contributed by atoms with E-state index in [0.29, 0.717) is 13.0 Å². The van der Waals surface area contributed by atoms with Gasteiger partial charge in [-0.25, -0.2) is 0 Å². The van der Waals surface area contributed by atoms with Crippen LogP contribution in [0.4, 0.5) is 0 Å². The minimum atomic E-state index is -2.98. The molecule has 1 rings (SSSR count). The molecule has 0 aromatic carbocycles. The van der Waals surface area contributed by atoms with Crippen LogP contribution < -0.4 is 0 Å². The standard InChI is InChI=1S/C6H11O5P.C3H9O3P/c1-5(7)10-6-3-4-9-12(2,8)11-6;1-5-7(3,4)6-2/h6H,3-4H2,1-2H3;1-3H3. The Bertz CT molecular complexity index is 374. The quantitative estimate of drug-likeness (QED) is 0.577. The maximum absolute atomic E-state index is 11.2. The fourth-order valence-electron chi connectivity index (χ4n) is 0.952. The monoisotopic (exact) mass is 318 g/mol. The van der Waals surface area contributed by atoms with Crippen molar-refractivity contribution in [1.82, 2.24) is 0 Å². The highest BCUT2D eigenvalue weighted by molar-refractivity contribution is 7.53. The summed E-state index contributed by atoms with van der Waals surface area (Å²) >= 11 is 0. The maximum Gasteiger partial charge on any atom is 0.330 e. The van der Waals surface area contributed by atoms with Gasteiger partial charge in [-0.2, -0.15) is 0 Å². The molecule has 2 atom stereocenters. The molecular weight excluding hydrogens is 298 g/mol. The van der Waals surface area contributed by atoms with E-state index in [1.165, 1.54) is 34.5 Å². The second-order valence-electron chi connectivity index (χ2n) is 3.67. The molecule has 0 bridgehead atoms. The van der Waals surface area contributed by atoms with Gasteiger partial charge in [-0.05, 0) is 0 Å². The van der Waals surface area contributed by atoms with Crippen molar-refractivity contribution in [2.75, 3.05) is 34.2 Å². The van der Waals surface area contributed by atoms with Gasteiger partial charge in [0.25, 0.3) is 0 Å². The van der Waals surface area contributed by atoms with E-state index in [4.69, 9.17) is 13.8 Å². The van der Waals surface area contributed by atoms with Crippen LogP contribution in [-0.2, 0) is 36.8 Å². The zero-order valence-corrected chi connectivity index (χ0v) is 13.4. The number of hydrogen-bond donors (Lipinski definition) is 0. The van der Waals surface area contributed by atoms with Crippen molar-refractivity contribution >= 4 is 21.2 Å². The number of carbonyl (C=O) groups excluding carboxylic acids is 1. The van der Waals surface area contributed by atoms with E-state index in [1.54, 1.807) is 0 Å². The van der Waals surface area contributed by atoms with Gasteiger partial charge < -0.3 is 18.3 Å². The molecule has 0 aromatic rings. The molecule has 0 saturated carbocycles. The van der Waals surface area contributed by atoms with Crippen molar-refractivity contribution in [3.05, 3.63) is 0 Å². The first-order valence-electron chi connectivity index (χ1n) is 5.38. The maximum atomic E-state index is 11.2. The molecule has 1 saturated heterocycles. The fraction of sp³-hybridized carbons (Fsp3) is 0.889. The van der Waals surface area contributed by atoms with Gasteiger partial charge in [0, 0.05) is 40.9 Å². The van der Waals surface area contributed by atoms with Gasteiger partial charge in [0.15, 0.2) is 0 Å². The van der Waals surface area contributed by atoms with Gasteiger partial charge in [-0.3, -0.25) is 18.4 Å². The van der Waals surface area contributed by atoms with E-state index >= 15 is 0 Å². The van der Waals surface area contributed by atoms with Crippen molar-refractivity contribution in [3.63, 3.8) is 0 Å². The summed E-state index contributed by atoms with van der Waals surface area (Å²) in [4.78, 5) is 10.5. The van der Waals surface area contributed by atoms with Gasteiger partial charge in [0.2, 0.25) is 6.29 Å². The Hall–Kier alpha value is -0.230. The Labute approximate surface area is 112 Å². The van der Waals surface area contributed by atoms with Gasteiger partial charge in [-0.15, -0.1) is 0 Å². The molecule has 1 aliphatic heterocycles. The smallest absolute Gasteiger partial charge is 0.330 e. The number of esters is 1. The molecule has 2 unspecified atom stereocenters. The molecule has 19 heavy (non-hydrogen) atoms. The van der Waals surface area contributed by atoms with Crippen LogP contribution in [0.15, 0.2) is 0 Å². The van der Waals surface area contributed by atoms with Crippen molar-refractivity contribution in [2.45, 2.75) is 19.6 Å². The summed E-state index contributed by atoms with van der Waals surface area (Å²) in [6.07, 6.45) is -0.288. The van der Waals surface area contributed by atoms with Crippen LogP contribution >= 0.6 is 15.2 Å². The molecule has 1 aliphatic rings. The molecule has 0 aliphatic carbocycles. The lowest BCUT2D eigenvalue weighted by molar-refractivity contribution is -0.166. The van der Waals surface area contributed by atoms with Crippen LogP contribution in [0.5, 0.6) is 0 Å². The summed E-state index contributed by atoms with van der Waals surface area (Å²) < 4.78 is 44.9. The highest BCUT2D eigenvalue weighted by Crippen LogP contribution is 2.48. The van der Waals surface area contributed by atoms with Crippen LogP contribution in [0.1, 0.15) is 13.3 Å². The molecule has 1 fully saturated rings. The minimum Gasteiger partial charge on any atom is -0.435 e. The van der Waals surface area contributed by atoms with Gasteiger partial charge in [-0.1, -0.05) is 0 Å². The predicted octanol–water partition coefficient (Wildman–Crippen LogP) is 2.24. The summed E-state index contributed by atoms with van der Waals surface area (Å²) in [5, 5.41) is 0. The Morgan fingerprint density at radius 3 is 2.21 bits per heavy atom. The highest BCUT2D eigenvalue weighted by atomic mass is 31.2. The SMILES string of the molecule is CC(=O)OC1CCOP(C)(=O)O1.COP(C)(=O)OC. The summed E-state index contributed by atoms with van der Waals surface area (Å²) in [6.45, 7) is 4.33. The lowest BCUT2D eigenvalue weighted by Gasteiger charge is -2.26. The molecule has 8 nitrogen and oxygen atoms in total. The minimum absolute atomic E-state index is 0.297. The molecular formula is C9H20O8P2. The average molecular weight is 318 g/mol. The van der Waals surface area contributed by atoms with E-state index in [9.17, 15) is 13.9 Å². The molecule has 10 heteroatoms. The van der Waals surface area contributed by atoms with Gasteiger partial charge in [0.1, 0.15) is 0 Å². The second-order valence-corrected chi connectivity index (χ2v) is 7.96. The zero-order chi connectivity index (χ0) is 15.1. The zero-order valence-electron chi connectivity index (χ0n) is 11.7. The Morgan fingerprint density at radius 2 is 1.89 bits per heavy atom. The lowest BCUT2D eigenvalue weighted by atomic mass is 10.4. The molecule has 0 amide bonds. The highest BCUT2D eigenvalue weighted by Gasteiger charge is 2.30. The first-order valence-corrected chi connectivity index (χ1v) is 9.36. The van der Waals surface area contributed by atoms with Crippen molar-refractivity contribution in [3.8, 4) is 0 Å². The van der Waals surface area contributed by atoms with Crippen LogP contribution in [0.2, 0.25) is 0 Å². The summed E-state index contributed by atoms with van der Waals surface area (Å²) in [5.74, 6) is -0.443. The number of ether oxygens (including phenoxy) is 1. The molecule has 0 aromatic heterocycles. The normalized spacial score (nSPS) is 27.1. The third kappa shape index (κ3) is 9.32. The number of rotatable bonds is 3. The van der Waals surface area contributed by atoms with Crippen molar-refractivity contribution < 1.29 is 36.8 Å².